The van der Waals surface area contributed by atoms with Gasteiger partial charge in [-0.15, -0.1) is 0 Å². The molecule has 2 aromatic heterocycles. The summed E-state index contributed by atoms with van der Waals surface area (Å²) >= 11 is 9.83. The first kappa shape index (κ1) is 23.9. The SMILES string of the molecule is COc1ccc(C(c2c([O-])[nH]c(=S)[nH]c2=O)c2c(O)[nH]c(=S)[nH]c2=O)cc1C[NH+]1CCOCC1. The largest absolute Gasteiger partial charge is 0.860 e. The lowest BCUT2D eigenvalue weighted by molar-refractivity contribution is -0.921. The Bertz CT molecular complexity index is 1360. The molecule has 3 aromatic rings. The van der Waals surface area contributed by atoms with Crippen LogP contribution in [-0.4, -0.2) is 58.5 Å². The molecule has 1 aliphatic heterocycles. The topological polar surface area (TPSA) is 163 Å². The van der Waals surface area contributed by atoms with Gasteiger partial charge in [0, 0.05) is 11.1 Å². The van der Waals surface area contributed by atoms with E-state index in [1.807, 2.05) is 0 Å². The Labute approximate surface area is 203 Å². The summed E-state index contributed by atoms with van der Waals surface area (Å²) < 4.78 is 10.7. The first-order valence-electron chi connectivity index (χ1n) is 10.5. The van der Waals surface area contributed by atoms with Crippen molar-refractivity contribution in [1.82, 2.24) is 19.9 Å². The second kappa shape index (κ2) is 9.93. The third kappa shape index (κ3) is 4.82. The highest BCUT2D eigenvalue weighted by atomic mass is 32.1. The van der Waals surface area contributed by atoms with Gasteiger partial charge in [0.1, 0.15) is 25.4 Å². The molecule has 11 nitrogen and oxygen atoms in total. The summed E-state index contributed by atoms with van der Waals surface area (Å²) in [5, 5.41) is 23.5. The van der Waals surface area contributed by atoms with Gasteiger partial charge in [0.15, 0.2) is 15.4 Å². The van der Waals surface area contributed by atoms with Gasteiger partial charge < -0.3 is 34.6 Å². The monoisotopic (exact) mass is 505 g/mol. The molecule has 0 radical (unpaired) electrons. The van der Waals surface area contributed by atoms with Crippen LogP contribution in [0.4, 0.5) is 0 Å². The van der Waals surface area contributed by atoms with Crippen LogP contribution in [0.5, 0.6) is 17.5 Å². The minimum Gasteiger partial charge on any atom is -0.860 e. The van der Waals surface area contributed by atoms with E-state index < -0.39 is 28.8 Å². The average molecular weight is 506 g/mol. The van der Waals surface area contributed by atoms with Crippen molar-refractivity contribution in [2.75, 3.05) is 33.4 Å². The predicted octanol–water partition coefficient (Wildman–Crippen LogP) is -0.439. The van der Waals surface area contributed by atoms with Crippen molar-refractivity contribution < 1.29 is 24.6 Å². The standard InChI is InChI=1S/C21H23N5O6S2/c1-31-12-3-2-10(8-11(12)9-26-4-6-32-7-5-26)13(14-16(27)22-20(33)23-17(14)28)15-18(29)24-21(34)25-19(15)30/h2-3,8,13H,4-7,9H2,1H3,(H3,22,23,27,28,33)(H3,24,25,29,30,34). The summed E-state index contributed by atoms with van der Waals surface area (Å²) in [5.41, 5.74) is -0.775. The number of aromatic nitrogens is 4. The fourth-order valence-electron chi connectivity index (χ4n) is 4.19. The van der Waals surface area contributed by atoms with Gasteiger partial charge >= 0.3 is 0 Å². The lowest BCUT2D eigenvalue weighted by Gasteiger charge is -2.26. The predicted molar refractivity (Wildman–Crippen MR) is 125 cm³/mol. The number of hydrogen-bond donors (Lipinski definition) is 6. The second-order valence-electron chi connectivity index (χ2n) is 7.87. The lowest BCUT2D eigenvalue weighted by atomic mass is 9.86. The van der Waals surface area contributed by atoms with Gasteiger partial charge in [-0.25, -0.2) is 0 Å². The number of H-pyrrole nitrogens is 4. The van der Waals surface area contributed by atoms with Crippen LogP contribution < -0.4 is 25.9 Å². The molecule has 180 valence electrons. The molecule has 6 N–H and O–H groups in total. The zero-order valence-corrected chi connectivity index (χ0v) is 19.8. The molecular weight excluding hydrogens is 482 g/mol. The van der Waals surface area contributed by atoms with E-state index in [0.717, 1.165) is 18.7 Å². The number of methoxy groups -OCH3 is 1. The minimum atomic E-state index is -1.22. The normalized spacial score (nSPS) is 15.2. The zero-order chi connectivity index (χ0) is 24.4. The Kier molecular flexibility index (Phi) is 6.97. The Morgan fingerprint density at radius 3 is 2.35 bits per heavy atom. The highest BCUT2D eigenvalue weighted by Gasteiger charge is 2.29. The number of benzene rings is 1. The van der Waals surface area contributed by atoms with E-state index in [1.54, 1.807) is 25.3 Å². The summed E-state index contributed by atoms with van der Waals surface area (Å²) in [7, 11) is 1.55. The molecule has 1 aromatic carbocycles. The molecule has 1 aliphatic rings. The molecule has 0 saturated carbocycles. The highest BCUT2D eigenvalue weighted by molar-refractivity contribution is 7.71. The molecule has 0 amide bonds. The van der Waals surface area contributed by atoms with Crippen molar-refractivity contribution >= 4 is 24.4 Å². The third-order valence-electron chi connectivity index (χ3n) is 5.76. The van der Waals surface area contributed by atoms with Gasteiger partial charge in [-0.05, 0) is 48.0 Å². The molecule has 3 heterocycles. The number of rotatable bonds is 6. The van der Waals surface area contributed by atoms with Crippen molar-refractivity contribution in [3.05, 3.63) is 70.7 Å². The van der Waals surface area contributed by atoms with Gasteiger partial charge in [-0.3, -0.25) is 19.6 Å². The summed E-state index contributed by atoms with van der Waals surface area (Å²) in [5.74, 6) is -1.91. The van der Waals surface area contributed by atoms with Gasteiger partial charge in [-0.1, -0.05) is 6.07 Å². The van der Waals surface area contributed by atoms with Gasteiger partial charge in [0.25, 0.3) is 11.1 Å². The van der Waals surface area contributed by atoms with Crippen LogP contribution >= 0.6 is 24.4 Å². The van der Waals surface area contributed by atoms with E-state index in [9.17, 15) is 19.8 Å². The van der Waals surface area contributed by atoms with Crippen LogP contribution in [0.3, 0.4) is 0 Å². The second-order valence-corrected chi connectivity index (χ2v) is 8.68. The van der Waals surface area contributed by atoms with Crippen LogP contribution in [-0.2, 0) is 11.3 Å². The molecule has 1 atom stereocenters. The summed E-state index contributed by atoms with van der Waals surface area (Å²) in [4.78, 5) is 36.7. The number of aromatic hydroxyl groups is 1. The number of morpholine rings is 1. The van der Waals surface area contributed by atoms with Crippen molar-refractivity contribution in [3.8, 4) is 17.5 Å². The first-order chi connectivity index (χ1) is 16.3. The molecule has 1 saturated heterocycles. The molecule has 13 heteroatoms. The maximum Gasteiger partial charge on any atom is 0.259 e. The van der Waals surface area contributed by atoms with Gasteiger partial charge in [-0.2, -0.15) is 0 Å². The van der Waals surface area contributed by atoms with E-state index in [0.29, 0.717) is 31.1 Å². The van der Waals surface area contributed by atoms with Crippen molar-refractivity contribution in [2.45, 2.75) is 12.5 Å². The summed E-state index contributed by atoms with van der Waals surface area (Å²) in [6.45, 7) is 3.51. The molecule has 0 bridgehead atoms. The summed E-state index contributed by atoms with van der Waals surface area (Å²) in [6.07, 6.45) is 0. The zero-order valence-electron chi connectivity index (χ0n) is 18.1. The van der Waals surface area contributed by atoms with Crippen LogP contribution in [0.15, 0.2) is 27.8 Å². The van der Waals surface area contributed by atoms with Crippen LogP contribution in [0.1, 0.15) is 28.2 Å². The lowest BCUT2D eigenvalue weighted by Crippen LogP contribution is -3.12. The molecule has 34 heavy (non-hydrogen) atoms. The summed E-state index contributed by atoms with van der Waals surface area (Å²) in [6, 6.07) is 5.12. The first-order valence-corrected chi connectivity index (χ1v) is 11.3. The smallest absolute Gasteiger partial charge is 0.259 e. The van der Waals surface area contributed by atoms with Crippen LogP contribution in [0.2, 0.25) is 0 Å². The highest BCUT2D eigenvalue weighted by Crippen LogP contribution is 2.36. The number of ether oxygens (including phenoxy) is 2. The molecule has 4 rings (SSSR count). The number of aromatic amines is 4. The molecule has 1 fully saturated rings. The van der Waals surface area contributed by atoms with Crippen LogP contribution in [0, 0.1) is 9.54 Å². The van der Waals surface area contributed by atoms with E-state index in [-0.39, 0.29) is 20.7 Å². The van der Waals surface area contributed by atoms with Crippen molar-refractivity contribution in [1.29, 1.82) is 0 Å². The Hall–Kier alpha value is -3.26. The third-order valence-corrected chi connectivity index (χ3v) is 6.17. The Morgan fingerprint density at radius 1 is 1.09 bits per heavy atom. The van der Waals surface area contributed by atoms with Gasteiger partial charge in [0.2, 0.25) is 0 Å². The van der Waals surface area contributed by atoms with E-state index in [1.165, 1.54) is 4.90 Å². The van der Waals surface area contributed by atoms with E-state index >= 15 is 0 Å². The Balaban J connectivity index is 1.94. The van der Waals surface area contributed by atoms with E-state index in [4.69, 9.17) is 33.9 Å². The van der Waals surface area contributed by atoms with Crippen molar-refractivity contribution in [3.63, 3.8) is 0 Å². The average Bonchev–Trinajstić information content (AvgIpc) is 2.77. The minimum absolute atomic E-state index is 0.0972. The Morgan fingerprint density at radius 2 is 1.74 bits per heavy atom. The fraction of sp³-hybridized carbons (Fsp3) is 0.333. The number of quaternary nitrogens is 1. The van der Waals surface area contributed by atoms with E-state index in [2.05, 4.69) is 19.9 Å². The maximum atomic E-state index is 12.9. The fourth-order valence-corrected chi connectivity index (χ4v) is 4.56. The maximum absolute atomic E-state index is 12.9. The van der Waals surface area contributed by atoms with Crippen molar-refractivity contribution in [2.24, 2.45) is 0 Å². The quantitative estimate of drug-likeness (QED) is 0.246. The molecule has 1 unspecified atom stereocenters. The molecular formula is C21H23N5O6S2. The number of nitrogens with one attached hydrogen (secondary N) is 5. The molecule has 0 spiro atoms. The molecule has 0 aliphatic carbocycles. The van der Waals surface area contributed by atoms with Crippen LogP contribution in [0.25, 0.3) is 0 Å². The van der Waals surface area contributed by atoms with Gasteiger partial charge in [0.05, 0.1) is 31.8 Å². The number of hydrogen-bond acceptors (Lipinski definition) is 8.